The van der Waals surface area contributed by atoms with E-state index in [1.165, 1.54) is 25.7 Å². The minimum absolute atomic E-state index is 0.479. The number of rotatable bonds is 6. The van der Waals surface area contributed by atoms with E-state index in [-0.39, 0.29) is 0 Å². The Bertz CT molecular complexity index is 126. The maximum atomic E-state index is 3.68. The van der Waals surface area contributed by atoms with Gasteiger partial charge in [0.2, 0.25) is 0 Å². The normalized spacial score (nSPS) is 22.9. The van der Waals surface area contributed by atoms with Crippen molar-refractivity contribution in [2.45, 2.75) is 51.7 Å². The molecular weight excluding hydrogens is 174 g/mol. The molecule has 0 spiro atoms. The Hall–Kier alpha value is -0.120. The first-order valence-electron chi connectivity index (χ1n) is 6.07. The maximum Gasteiger partial charge on any atom is 0.0703 e. The lowest BCUT2D eigenvalue weighted by molar-refractivity contribution is 0.305. The highest BCUT2D eigenvalue weighted by molar-refractivity contribution is 4.77. The summed E-state index contributed by atoms with van der Waals surface area (Å²) in [5.74, 6) is 0. The minimum atomic E-state index is 0.479. The summed E-state index contributed by atoms with van der Waals surface area (Å²) >= 11 is 0. The van der Waals surface area contributed by atoms with E-state index < -0.39 is 0 Å². The van der Waals surface area contributed by atoms with Crippen LogP contribution in [-0.4, -0.2) is 31.8 Å². The van der Waals surface area contributed by atoms with E-state index in [0.717, 1.165) is 19.6 Å². The van der Waals surface area contributed by atoms with Crippen LogP contribution in [0.5, 0.6) is 0 Å². The Morgan fingerprint density at radius 1 is 1.21 bits per heavy atom. The largest absolute Gasteiger partial charge is 0.313 e. The van der Waals surface area contributed by atoms with Crippen LogP contribution >= 0.6 is 0 Å². The van der Waals surface area contributed by atoms with Crippen molar-refractivity contribution in [2.24, 2.45) is 0 Å². The highest BCUT2D eigenvalue weighted by Crippen LogP contribution is 2.05. The first-order valence-corrected chi connectivity index (χ1v) is 6.07. The summed E-state index contributed by atoms with van der Waals surface area (Å²) in [4.78, 5) is 0. The molecule has 1 rings (SSSR count). The molecule has 0 aliphatic carbocycles. The fraction of sp³-hybridized carbons (Fsp3) is 1.00. The van der Waals surface area contributed by atoms with Gasteiger partial charge < -0.3 is 5.32 Å². The smallest absolute Gasteiger partial charge is 0.0703 e. The Kier molecular flexibility index (Phi) is 6.15. The molecule has 84 valence electrons. The Balaban J connectivity index is 2.21. The van der Waals surface area contributed by atoms with Crippen LogP contribution in [0, 0.1) is 0 Å². The lowest BCUT2D eigenvalue weighted by Crippen LogP contribution is -2.57. The van der Waals surface area contributed by atoms with Crippen molar-refractivity contribution in [1.82, 2.24) is 16.0 Å². The molecule has 14 heavy (non-hydrogen) atoms. The molecule has 1 fully saturated rings. The molecule has 1 heterocycles. The van der Waals surface area contributed by atoms with Crippen molar-refractivity contribution >= 4 is 0 Å². The summed E-state index contributed by atoms with van der Waals surface area (Å²) < 4.78 is 0. The quantitative estimate of drug-likeness (QED) is 0.599. The third kappa shape index (κ3) is 4.40. The van der Waals surface area contributed by atoms with Crippen molar-refractivity contribution in [3.05, 3.63) is 0 Å². The molecule has 0 radical (unpaired) electrons. The Labute approximate surface area is 88.0 Å². The van der Waals surface area contributed by atoms with Crippen molar-refractivity contribution in [3.63, 3.8) is 0 Å². The fourth-order valence-corrected chi connectivity index (χ4v) is 2.06. The van der Waals surface area contributed by atoms with E-state index in [1.54, 1.807) is 0 Å². The Morgan fingerprint density at radius 3 is 2.43 bits per heavy atom. The van der Waals surface area contributed by atoms with Gasteiger partial charge in [0.25, 0.3) is 0 Å². The van der Waals surface area contributed by atoms with E-state index >= 15 is 0 Å². The van der Waals surface area contributed by atoms with Crippen LogP contribution in [-0.2, 0) is 0 Å². The number of nitrogens with one attached hydrogen (secondary N) is 3. The molecule has 0 aromatic rings. The zero-order valence-electron chi connectivity index (χ0n) is 9.60. The van der Waals surface area contributed by atoms with Crippen molar-refractivity contribution < 1.29 is 0 Å². The van der Waals surface area contributed by atoms with Crippen molar-refractivity contribution in [3.8, 4) is 0 Å². The third-order valence-corrected chi connectivity index (χ3v) is 2.75. The van der Waals surface area contributed by atoms with Gasteiger partial charge in [-0.3, -0.25) is 10.6 Å². The van der Waals surface area contributed by atoms with Gasteiger partial charge in [-0.25, -0.2) is 0 Å². The average molecular weight is 199 g/mol. The minimum Gasteiger partial charge on any atom is -0.313 e. The van der Waals surface area contributed by atoms with Crippen LogP contribution in [0.1, 0.15) is 39.5 Å². The summed E-state index contributed by atoms with van der Waals surface area (Å²) in [6, 6.07) is 0.697. The molecule has 3 nitrogen and oxygen atoms in total. The lowest BCUT2D eigenvalue weighted by Gasteiger charge is -2.30. The predicted molar refractivity (Wildman–Crippen MR) is 61.4 cm³/mol. The van der Waals surface area contributed by atoms with Gasteiger partial charge in [0.15, 0.2) is 0 Å². The van der Waals surface area contributed by atoms with Crippen LogP contribution in [0.4, 0.5) is 0 Å². The second-order valence-electron chi connectivity index (χ2n) is 4.15. The first kappa shape index (κ1) is 12.0. The monoisotopic (exact) mass is 199 g/mol. The molecular formula is C11H25N3. The summed E-state index contributed by atoms with van der Waals surface area (Å²) in [6.07, 6.45) is 5.63. The standard InChI is InChI=1S/C11H25N3/c1-3-5-10(6-4-2)14-11-9-12-7-8-13-11/h10-14H,3-9H2,1-2H3. The van der Waals surface area contributed by atoms with E-state index in [2.05, 4.69) is 29.8 Å². The van der Waals surface area contributed by atoms with Crippen molar-refractivity contribution in [1.29, 1.82) is 0 Å². The first-order chi connectivity index (χ1) is 6.86. The van der Waals surface area contributed by atoms with Gasteiger partial charge in [0.1, 0.15) is 0 Å². The van der Waals surface area contributed by atoms with Gasteiger partial charge in [0.05, 0.1) is 6.17 Å². The Morgan fingerprint density at radius 2 is 1.93 bits per heavy atom. The zero-order chi connectivity index (χ0) is 10.2. The van der Waals surface area contributed by atoms with Crippen LogP contribution < -0.4 is 16.0 Å². The highest BCUT2D eigenvalue weighted by Gasteiger charge is 2.15. The molecule has 1 aliphatic heterocycles. The second-order valence-corrected chi connectivity index (χ2v) is 4.15. The van der Waals surface area contributed by atoms with Gasteiger partial charge in [-0.15, -0.1) is 0 Å². The van der Waals surface area contributed by atoms with Gasteiger partial charge in [-0.2, -0.15) is 0 Å². The summed E-state index contributed by atoms with van der Waals surface area (Å²) in [6.45, 7) is 7.77. The van der Waals surface area contributed by atoms with Crippen LogP contribution in [0.25, 0.3) is 0 Å². The molecule has 3 N–H and O–H groups in total. The molecule has 1 saturated heterocycles. The summed E-state index contributed by atoms with van der Waals surface area (Å²) in [5.41, 5.74) is 0. The summed E-state index contributed by atoms with van der Waals surface area (Å²) in [5, 5.41) is 10.6. The van der Waals surface area contributed by atoms with E-state index in [0.29, 0.717) is 12.2 Å². The number of hydrogen-bond acceptors (Lipinski definition) is 3. The molecule has 3 heteroatoms. The maximum absolute atomic E-state index is 3.68. The summed E-state index contributed by atoms with van der Waals surface area (Å²) in [7, 11) is 0. The number of piperazine rings is 1. The molecule has 1 unspecified atom stereocenters. The molecule has 0 saturated carbocycles. The average Bonchev–Trinajstić information content (AvgIpc) is 2.20. The zero-order valence-corrected chi connectivity index (χ0v) is 9.60. The van der Waals surface area contributed by atoms with Gasteiger partial charge >= 0.3 is 0 Å². The van der Waals surface area contributed by atoms with Crippen LogP contribution in [0.15, 0.2) is 0 Å². The highest BCUT2D eigenvalue weighted by atomic mass is 15.2. The third-order valence-electron chi connectivity index (χ3n) is 2.75. The number of hydrogen-bond donors (Lipinski definition) is 3. The molecule has 0 aromatic heterocycles. The molecule has 1 aliphatic rings. The fourth-order valence-electron chi connectivity index (χ4n) is 2.06. The van der Waals surface area contributed by atoms with E-state index in [9.17, 15) is 0 Å². The topological polar surface area (TPSA) is 36.1 Å². The van der Waals surface area contributed by atoms with Crippen LogP contribution in [0.3, 0.4) is 0 Å². The predicted octanol–water partition coefficient (Wildman–Crippen LogP) is 1.06. The lowest BCUT2D eigenvalue weighted by atomic mass is 10.1. The van der Waals surface area contributed by atoms with Crippen molar-refractivity contribution in [2.75, 3.05) is 19.6 Å². The van der Waals surface area contributed by atoms with E-state index in [4.69, 9.17) is 0 Å². The molecule has 0 amide bonds. The van der Waals surface area contributed by atoms with Gasteiger partial charge in [0, 0.05) is 25.7 Å². The van der Waals surface area contributed by atoms with Crippen LogP contribution in [0.2, 0.25) is 0 Å². The van der Waals surface area contributed by atoms with Gasteiger partial charge in [-0.1, -0.05) is 26.7 Å². The second kappa shape index (κ2) is 7.21. The molecule has 1 atom stereocenters. The van der Waals surface area contributed by atoms with Gasteiger partial charge in [-0.05, 0) is 12.8 Å². The molecule has 0 aromatic carbocycles. The SMILES string of the molecule is CCCC(CCC)NC1CNCCN1. The molecule has 0 bridgehead atoms. The van der Waals surface area contributed by atoms with E-state index in [1.807, 2.05) is 0 Å².